The summed E-state index contributed by atoms with van der Waals surface area (Å²) in [7, 11) is 0. The van der Waals surface area contributed by atoms with Crippen LogP contribution < -0.4 is 0 Å². The van der Waals surface area contributed by atoms with Crippen LogP contribution in [0.4, 0.5) is 0 Å². The van der Waals surface area contributed by atoms with Crippen molar-refractivity contribution in [3.63, 3.8) is 0 Å². The molecular weight excluding hydrogens is 314 g/mol. The van der Waals surface area contributed by atoms with Crippen molar-refractivity contribution in [2.45, 2.75) is 6.42 Å². The van der Waals surface area contributed by atoms with Gasteiger partial charge in [0.2, 0.25) is 0 Å². The molecule has 1 aromatic heterocycles. The van der Waals surface area contributed by atoms with Gasteiger partial charge in [0.25, 0.3) is 0 Å². The van der Waals surface area contributed by atoms with Gasteiger partial charge in [0.15, 0.2) is 0 Å². The molecule has 1 heteroatoms. The van der Waals surface area contributed by atoms with E-state index in [1.54, 1.807) is 0 Å². The maximum Gasteiger partial charge on any atom is 0.0582 e. The topological polar surface area (TPSA) is 4.93 Å². The van der Waals surface area contributed by atoms with Gasteiger partial charge in [0, 0.05) is 22.9 Å². The first kappa shape index (κ1) is 13.9. The van der Waals surface area contributed by atoms with Crippen LogP contribution in [0.3, 0.4) is 0 Å². The van der Waals surface area contributed by atoms with Gasteiger partial charge in [0.05, 0.1) is 11.0 Å². The summed E-state index contributed by atoms with van der Waals surface area (Å²) >= 11 is 0. The van der Waals surface area contributed by atoms with Crippen molar-refractivity contribution in [3.05, 3.63) is 102 Å². The molecule has 0 fully saturated rings. The number of rotatable bonds is 1. The molecule has 6 rings (SSSR count). The lowest BCUT2D eigenvalue weighted by Gasteiger charge is -2.10. The van der Waals surface area contributed by atoms with Crippen LogP contribution in [-0.2, 0) is 6.42 Å². The number of benzene rings is 4. The SMILES string of the molecule is c1ccc(-n2c3ccccc3c3ccc4c(c32)Cc2ccccc2-4)cc1. The smallest absolute Gasteiger partial charge is 0.0582 e. The van der Waals surface area contributed by atoms with E-state index in [1.807, 2.05) is 0 Å². The molecule has 1 heterocycles. The van der Waals surface area contributed by atoms with Crippen molar-refractivity contribution in [1.82, 2.24) is 4.57 Å². The molecule has 0 saturated carbocycles. The van der Waals surface area contributed by atoms with Crippen molar-refractivity contribution < 1.29 is 0 Å². The lowest BCUT2D eigenvalue weighted by Crippen LogP contribution is -1.96. The van der Waals surface area contributed by atoms with E-state index in [0.29, 0.717) is 0 Å². The monoisotopic (exact) mass is 331 g/mol. The fourth-order valence-electron chi connectivity index (χ4n) is 4.53. The minimum absolute atomic E-state index is 1.01. The Morgan fingerprint density at radius 2 is 1.35 bits per heavy atom. The molecule has 0 saturated heterocycles. The van der Waals surface area contributed by atoms with Gasteiger partial charge in [-0.3, -0.25) is 0 Å². The second-order valence-electron chi connectivity index (χ2n) is 7.01. The zero-order valence-electron chi connectivity index (χ0n) is 14.3. The zero-order valence-corrected chi connectivity index (χ0v) is 14.3. The normalized spacial score (nSPS) is 12.5. The van der Waals surface area contributed by atoms with Gasteiger partial charge >= 0.3 is 0 Å². The summed E-state index contributed by atoms with van der Waals surface area (Å²) in [5.41, 5.74) is 9.50. The first-order chi connectivity index (χ1) is 12.9. The summed E-state index contributed by atoms with van der Waals surface area (Å²) in [6, 6.07) is 32.9. The molecule has 1 nitrogen and oxygen atoms in total. The van der Waals surface area contributed by atoms with Gasteiger partial charge in [-0.25, -0.2) is 0 Å². The third-order valence-electron chi connectivity index (χ3n) is 5.63. The summed E-state index contributed by atoms with van der Waals surface area (Å²) in [6.07, 6.45) is 1.01. The number of fused-ring (bicyclic) bond motifs is 7. The lowest BCUT2D eigenvalue weighted by molar-refractivity contribution is 1.15. The van der Waals surface area contributed by atoms with E-state index < -0.39 is 0 Å². The van der Waals surface area contributed by atoms with Crippen molar-refractivity contribution in [1.29, 1.82) is 0 Å². The van der Waals surface area contributed by atoms with E-state index in [9.17, 15) is 0 Å². The average molecular weight is 331 g/mol. The molecular formula is C25H17N. The molecule has 0 radical (unpaired) electrons. The Morgan fingerprint density at radius 3 is 2.27 bits per heavy atom. The molecule has 5 aromatic rings. The highest BCUT2D eigenvalue weighted by molar-refractivity contribution is 6.12. The Balaban J connectivity index is 1.81. The van der Waals surface area contributed by atoms with Crippen molar-refractivity contribution in [2.75, 3.05) is 0 Å². The van der Waals surface area contributed by atoms with Crippen LogP contribution in [-0.4, -0.2) is 4.57 Å². The number of aromatic nitrogens is 1. The lowest BCUT2D eigenvalue weighted by atomic mass is 10.0. The van der Waals surface area contributed by atoms with Gasteiger partial charge in [-0.2, -0.15) is 0 Å². The minimum Gasteiger partial charge on any atom is -0.309 e. The third kappa shape index (κ3) is 1.75. The Labute approximate surface area is 152 Å². The predicted octanol–water partition coefficient (Wildman–Crippen LogP) is 6.35. The second kappa shape index (κ2) is 5.09. The highest BCUT2D eigenvalue weighted by atomic mass is 15.0. The number of hydrogen-bond acceptors (Lipinski definition) is 0. The van der Waals surface area contributed by atoms with E-state index in [-0.39, 0.29) is 0 Å². The van der Waals surface area contributed by atoms with Gasteiger partial charge in [-0.05, 0) is 40.5 Å². The summed E-state index contributed by atoms with van der Waals surface area (Å²) in [5, 5.41) is 2.67. The summed E-state index contributed by atoms with van der Waals surface area (Å²) < 4.78 is 2.44. The molecule has 0 N–H and O–H groups in total. The minimum atomic E-state index is 1.01. The Hall–Kier alpha value is -3.32. The molecule has 0 spiro atoms. The van der Waals surface area contributed by atoms with Crippen LogP contribution in [0.5, 0.6) is 0 Å². The molecule has 122 valence electrons. The van der Waals surface area contributed by atoms with Gasteiger partial charge in [-0.1, -0.05) is 72.8 Å². The maximum atomic E-state index is 2.44. The van der Waals surface area contributed by atoms with E-state index >= 15 is 0 Å². The number of para-hydroxylation sites is 2. The Kier molecular flexibility index (Phi) is 2.72. The van der Waals surface area contributed by atoms with Gasteiger partial charge < -0.3 is 4.57 Å². The average Bonchev–Trinajstić information content (AvgIpc) is 3.24. The largest absolute Gasteiger partial charge is 0.309 e. The van der Waals surface area contributed by atoms with Crippen LogP contribution in [0.1, 0.15) is 11.1 Å². The molecule has 0 unspecified atom stereocenters. The third-order valence-corrected chi connectivity index (χ3v) is 5.63. The van der Waals surface area contributed by atoms with Crippen molar-refractivity contribution in [2.24, 2.45) is 0 Å². The quantitative estimate of drug-likeness (QED) is 0.330. The molecule has 1 aliphatic carbocycles. The van der Waals surface area contributed by atoms with Crippen molar-refractivity contribution >= 4 is 21.8 Å². The van der Waals surface area contributed by atoms with Crippen LogP contribution >= 0.6 is 0 Å². The molecule has 0 amide bonds. The Morgan fingerprint density at radius 1 is 0.577 bits per heavy atom. The first-order valence-corrected chi connectivity index (χ1v) is 9.10. The van der Waals surface area contributed by atoms with Crippen LogP contribution in [0.25, 0.3) is 38.6 Å². The van der Waals surface area contributed by atoms with E-state index in [4.69, 9.17) is 0 Å². The van der Waals surface area contributed by atoms with E-state index in [2.05, 4.69) is 95.6 Å². The van der Waals surface area contributed by atoms with Crippen molar-refractivity contribution in [3.8, 4) is 16.8 Å². The molecule has 0 bridgehead atoms. The second-order valence-corrected chi connectivity index (χ2v) is 7.01. The van der Waals surface area contributed by atoms with Gasteiger partial charge in [0.1, 0.15) is 0 Å². The molecule has 1 aliphatic rings. The highest BCUT2D eigenvalue weighted by Gasteiger charge is 2.24. The fourth-order valence-corrected chi connectivity index (χ4v) is 4.53. The van der Waals surface area contributed by atoms with E-state index in [1.165, 1.54) is 49.7 Å². The van der Waals surface area contributed by atoms with Crippen LogP contribution in [0, 0.1) is 0 Å². The van der Waals surface area contributed by atoms with Crippen LogP contribution in [0.2, 0.25) is 0 Å². The first-order valence-electron chi connectivity index (χ1n) is 9.10. The van der Waals surface area contributed by atoms with E-state index in [0.717, 1.165) is 6.42 Å². The molecule has 0 aliphatic heterocycles. The summed E-state index contributed by atoms with van der Waals surface area (Å²) in [4.78, 5) is 0. The number of nitrogens with zero attached hydrogens (tertiary/aromatic N) is 1. The summed E-state index contributed by atoms with van der Waals surface area (Å²) in [6.45, 7) is 0. The number of hydrogen-bond donors (Lipinski definition) is 0. The standard InChI is InChI=1S/C25H17N/c1-2-9-18(10-3-1)26-24-13-7-6-12-21(24)22-15-14-20-19-11-5-4-8-17(19)16-23(20)25(22)26/h1-15H,16H2. The highest BCUT2D eigenvalue weighted by Crippen LogP contribution is 2.43. The fraction of sp³-hybridized carbons (Fsp3) is 0.0400. The maximum absolute atomic E-state index is 2.44. The predicted molar refractivity (Wildman–Crippen MR) is 109 cm³/mol. The zero-order chi connectivity index (χ0) is 17.1. The molecule has 4 aromatic carbocycles. The van der Waals surface area contributed by atoms with Crippen LogP contribution in [0.15, 0.2) is 91.0 Å². The van der Waals surface area contributed by atoms with Gasteiger partial charge in [-0.15, -0.1) is 0 Å². The Bertz CT molecular complexity index is 1290. The molecule has 26 heavy (non-hydrogen) atoms. The summed E-state index contributed by atoms with van der Waals surface area (Å²) in [5.74, 6) is 0. The molecule has 0 atom stereocenters.